The van der Waals surface area contributed by atoms with Gasteiger partial charge in [0.25, 0.3) is 5.91 Å². The van der Waals surface area contributed by atoms with E-state index in [2.05, 4.69) is 5.32 Å². The van der Waals surface area contributed by atoms with Crippen LogP contribution in [0, 0.1) is 0 Å². The Balaban J connectivity index is 2.52. The number of rotatable bonds is 5. The molecule has 3 N–H and O–H groups in total. The van der Waals surface area contributed by atoms with Crippen LogP contribution in [0.2, 0.25) is 0 Å². The van der Waals surface area contributed by atoms with Gasteiger partial charge in [0.1, 0.15) is 0 Å². The molecule has 0 heterocycles. The molecule has 0 radical (unpaired) electrons. The maximum atomic E-state index is 11.6. The Morgan fingerprint density at radius 1 is 1.38 bits per heavy atom. The molecule has 0 saturated heterocycles. The summed E-state index contributed by atoms with van der Waals surface area (Å²) in [5.41, 5.74) is 1.30. The highest BCUT2D eigenvalue weighted by atomic mass is 16.3. The average molecular weight is 223 g/mol. The van der Waals surface area contributed by atoms with Crippen molar-refractivity contribution >= 4 is 5.91 Å². The molecule has 4 heteroatoms. The number of aliphatic hydroxyl groups is 2. The number of aliphatic hydroxyl groups excluding tert-OH is 2. The van der Waals surface area contributed by atoms with Gasteiger partial charge in [-0.25, -0.2) is 0 Å². The summed E-state index contributed by atoms with van der Waals surface area (Å²) < 4.78 is 0. The van der Waals surface area contributed by atoms with Gasteiger partial charge in [0, 0.05) is 12.1 Å². The van der Waals surface area contributed by atoms with Crippen molar-refractivity contribution in [3.8, 4) is 0 Å². The lowest BCUT2D eigenvalue weighted by atomic mass is 10.1. The van der Waals surface area contributed by atoms with Gasteiger partial charge in [-0.05, 0) is 24.1 Å². The molecule has 1 aromatic carbocycles. The van der Waals surface area contributed by atoms with Crippen LogP contribution in [-0.2, 0) is 6.61 Å². The molecule has 0 saturated carbocycles. The maximum absolute atomic E-state index is 11.6. The van der Waals surface area contributed by atoms with E-state index in [0.29, 0.717) is 12.0 Å². The van der Waals surface area contributed by atoms with Crippen molar-refractivity contribution in [2.24, 2.45) is 0 Å². The van der Waals surface area contributed by atoms with Gasteiger partial charge < -0.3 is 15.5 Å². The van der Waals surface area contributed by atoms with Crippen molar-refractivity contribution in [1.29, 1.82) is 0 Å². The van der Waals surface area contributed by atoms with Crippen LogP contribution >= 0.6 is 0 Å². The monoisotopic (exact) mass is 223 g/mol. The van der Waals surface area contributed by atoms with Crippen LogP contribution in [0.25, 0.3) is 0 Å². The number of amides is 1. The minimum absolute atomic E-state index is 0.0313. The fraction of sp³-hybridized carbons (Fsp3) is 0.417. The number of benzene rings is 1. The Hall–Kier alpha value is -1.39. The van der Waals surface area contributed by atoms with Gasteiger partial charge in [0.15, 0.2) is 0 Å². The summed E-state index contributed by atoms with van der Waals surface area (Å²) in [5.74, 6) is -0.211. The summed E-state index contributed by atoms with van der Waals surface area (Å²) in [6, 6.07) is 6.70. The van der Waals surface area contributed by atoms with Gasteiger partial charge in [0.05, 0.1) is 12.7 Å². The highest BCUT2D eigenvalue weighted by Crippen LogP contribution is 2.04. The molecule has 0 bridgehead atoms. The number of carbonyl (C=O) groups excluding carboxylic acids is 1. The third-order valence-corrected chi connectivity index (χ3v) is 2.37. The van der Waals surface area contributed by atoms with E-state index in [0.717, 1.165) is 5.56 Å². The molecular weight excluding hydrogens is 206 g/mol. The van der Waals surface area contributed by atoms with E-state index in [1.165, 1.54) is 0 Å². The summed E-state index contributed by atoms with van der Waals surface area (Å²) >= 11 is 0. The minimum atomic E-state index is -0.499. The van der Waals surface area contributed by atoms with E-state index in [-0.39, 0.29) is 19.1 Å². The molecule has 4 nitrogen and oxygen atoms in total. The van der Waals surface area contributed by atoms with Gasteiger partial charge in [0.2, 0.25) is 0 Å². The number of carbonyl (C=O) groups is 1. The lowest BCUT2D eigenvalue weighted by Gasteiger charge is -2.09. The van der Waals surface area contributed by atoms with Crippen molar-refractivity contribution in [1.82, 2.24) is 5.32 Å². The topological polar surface area (TPSA) is 69.6 Å². The van der Waals surface area contributed by atoms with E-state index < -0.39 is 6.10 Å². The first-order valence-corrected chi connectivity index (χ1v) is 5.33. The van der Waals surface area contributed by atoms with Crippen LogP contribution in [0.15, 0.2) is 24.3 Å². The highest BCUT2D eigenvalue weighted by Gasteiger charge is 2.07. The highest BCUT2D eigenvalue weighted by molar-refractivity contribution is 5.94. The smallest absolute Gasteiger partial charge is 0.251 e. The van der Waals surface area contributed by atoms with Gasteiger partial charge >= 0.3 is 0 Å². The largest absolute Gasteiger partial charge is 0.392 e. The third-order valence-electron chi connectivity index (χ3n) is 2.37. The zero-order valence-electron chi connectivity index (χ0n) is 9.31. The van der Waals surface area contributed by atoms with Crippen LogP contribution in [0.3, 0.4) is 0 Å². The van der Waals surface area contributed by atoms with Crippen molar-refractivity contribution < 1.29 is 15.0 Å². The average Bonchev–Trinajstić information content (AvgIpc) is 2.35. The first-order valence-electron chi connectivity index (χ1n) is 5.33. The fourth-order valence-electron chi connectivity index (χ4n) is 1.22. The van der Waals surface area contributed by atoms with Gasteiger partial charge in [-0.15, -0.1) is 0 Å². The number of hydrogen-bond donors (Lipinski definition) is 3. The van der Waals surface area contributed by atoms with E-state index in [4.69, 9.17) is 5.11 Å². The van der Waals surface area contributed by atoms with Gasteiger partial charge in [-0.2, -0.15) is 0 Å². The van der Waals surface area contributed by atoms with Crippen LogP contribution in [0.5, 0.6) is 0 Å². The maximum Gasteiger partial charge on any atom is 0.251 e. The first kappa shape index (κ1) is 12.7. The molecule has 1 amide bonds. The molecule has 1 rings (SSSR count). The lowest BCUT2D eigenvalue weighted by molar-refractivity contribution is 0.0914. The molecular formula is C12H17NO3. The minimum Gasteiger partial charge on any atom is -0.392 e. The Morgan fingerprint density at radius 3 is 2.50 bits per heavy atom. The Labute approximate surface area is 94.9 Å². The molecule has 1 unspecified atom stereocenters. The molecule has 88 valence electrons. The Kier molecular flexibility index (Phi) is 4.95. The van der Waals surface area contributed by atoms with Crippen LogP contribution < -0.4 is 5.32 Å². The van der Waals surface area contributed by atoms with Crippen molar-refractivity contribution in [2.45, 2.75) is 26.1 Å². The fourth-order valence-corrected chi connectivity index (χ4v) is 1.22. The molecule has 0 aliphatic carbocycles. The van der Waals surface area contributed by atoms with E-state index in [1.54, 1.807) is 24.3 Å². The standard InChI is InChI=1S/C12H17NO3/c1-2-11(15)7-13-12(16)10-5-3-9(8-14)4-6-10/h3-6,11,14-15H,2,7-8H2,1H3,(H,13,16). The van der Waals surface area contributed by atoms with E-state index in [1.807, 2.05) is 6.92 Å². The zero-order chi connectivity index (χ0) is 12.0. The molecule has 0 spiro atoms. The summed E-state index contributed by atoms with van der Waals surface area (Å²) in [4.78, 5) is 11.6. The first-order chi connectivity index (χ1) is 7.67. The van der Waals surface area contributed by atoms with Crippen molar-refractivity contribution in [2.75, 3.05) is 6.54 Å². The van der Waals surface area contributed by atoms with E-state index in [9.17, 15) is 9.90 Å². The number of nitrogens with one attached hydrogen (secondary N) is 1. The molecule has 1 atom stereocenters. The second kappa shape index (κ2) is 6.25. The Morgan fingerprint density at radius 2 is 2.00 bits per heavy atom. The molecule has 0 aliphatic heterocycles. The predicted octanol–water partition coefficient (Wildman–Crippen LogP) is 0.680. The predicted molar refractivity (Wildman–Crippen MR) is 61.0 cm³/mol. The zero-order valence-corrected chi connectivity index (χ0v) is 9.31. The molecule has 0 aromatic heterocycles. The molecule has 16 heavy (non-hydrogen) atoms. The van der Waals surface area contributed by atoms with Gasteiger partial charge in [-0.1, -0.05) is 19.1 Å². The second-order valence-electron chi connectivity index (χ2n) is 3.63. The van der Waals surface area contributed by atoms with Crippen LogP contribution in [-0.4, -0.2) is 28.8 Å². The second-order valence-corrected chi connectivity index (χ2v) is 3.63. The van der Waals surface area contributed by atoms with Crippen LogP contribution in [0.4, 0.5) is 0 Å². The lowest BCUT2D eigenvalue weighted by Crippen LogP contribution is -2.31. The van der Waals surface area contributed by atoms with Crippen LogP contribution in [0.1, 0.15) is 29.3 Å². The molecule has 1 aromatic rings. The third kappa shape index (κ3) is 3.64. The molecule has 0 fully saturated rings. The quantitative estimate of drug-likeness (QED) is 0.687. The summed E-state index contributed by atoms with van der Waals surface area (Å²) in [5, 5.41) is 20.8. The summed E-state index contributed by atoms with van der Waals surface area (Å²) in [6.45, 7) is 2.08. The van der Waals surface area contributed by atoms with Gasteiger partial charge in [-0.3, -0.25) is 4.79 Å². The van der Waals surface area contributed by atoms with Crippen molar-refractivity contribution in [3.05, 3.63) is 35.4 Å². The SMILES string of the molecule is CCC(O)CNC(=O)c1ccc(CO)cc1. The number of hydrogen-bond acceptors (Lipinski definition) is 3. The Bertz CT molecular complexity index is 335. The summed E-state index contributed by atoms with van der Waals surface area (Å²) in [6.07, 6.45) is 0.115. The normalized spacial score (nSPS) is 12.2. The van der Waals surface area contributed by atoms with E-state index >= 15 is 0 Å². The summed E-state index contributed by atoms with van der Waals surface area (Å²) in [7, 11) is 0. The molecule has 0 aliphatic rings. The van der Waals surface area contributed by atoms with Crippen molar-refractivity contribution in [3.63, 3.8) is 0 Å².